The average Bonchev–Trinajstić information content (AvgIpc) is 3.07. The van der Waals surface area contributed by atoms with Crippen LogP contribution in [0.2, 0.25) is 0 Å². The SMILES string of the molecule is COC(=O)Cc1ccc(O)c(-c2cnn(C3CCOCC3)c2)c1. The molecule has 1 fully saturated rings. The van der Waals surface area contributed by atoms with E-state index >= 15 is 0 Å². The Morgan fingerprint density at radius 1 is 1.43 bits per heavy atom. The summed E-state index contributed by atoms with van der Waals surface area (Å²) in [5.41, 5.74) is 2.30. The molecular weight excluding hydrogens is 296 g/mol. The number of ether oxygens (including phenoxy) is 2. The van der Waals surface area contributed by atoms with Gasteiger partial charge in [-0.25, -0.2) is 0 Å². The van der Waals surface area contributed by atoms with E-state index in [1.165, 1.54) is 7.11 Å². The van der Waals surface area contributed by atoms with E-state index in [1.54, 1.807) is 24.4 Å². The highest BCUT2D eigenvalue weighted by molar-refractivity contribution is 5.75. The molecule has 1 aliphatic heterocycles. The largest absolute Gasteiger partial charge is 0.507 e. The Labute approximate surface area is 134 Å². The van der Waals surface area contributed by atoms with Gasteiger partial charge in [-0.15, -0.1) is 0 Å². The summed E-state index contributed by atoms with van der Waals surface area (Å²) in [4.78, 5) is 11.4. The quantitative estimate of drug-likeness (QED) is 0.876. The van der Waals surface area contributed by atoms with E-state index in [0.717, 1.165) is 37.2 Å². The fourth-order valence-electron chi connectivity index (χ4n) is 2.79. The van der Waals surface area contributed by atoms with Crippen molar-refractivity contribution < 1.29 is 19.4 Å². The molecule has 0 atom stereocenters. The second kappa shape index (κ2) is 6.83. The zero-order chi connectivity index (χ0) is 16.2. The van der Waals surface area contributed by atoms with Crippen LogP contribution in [0.25, 0.3) is 11.1 Å². The summed E-state index contributed by atoms with van der Waals surface area (Å²) in [7, 11) is 1.36. The predicted octanol–water partition coefficient (Wildman–Crippen LogP) is 2.32. The van der Waals surface area contributed by atoms with Gasteiger partial charge in [0.25, 0.3) is 0 Å². The van der Waals surface area contributed by atoms with Crippen LogP contribution in [0.15, 0.2) is 30.6 Å². The number of esters is 1. The number of methoxy groups -OCH3 is 1. The molecule has 1 saturated heterocycles. The highest BCUT2D eigenvalue weighted by Gasteiger charge is 2.18. The molecule has 2 aromatic rings. The lowest BCUT2D eigenvalue weighted by molar-refractivity contribution is -0.139. The molecule has 0 amide bonds. The smallest absolute Gasteiger partial charge is 0.309 e. The third kappa shape index (κ3) is 3.53. The number of carbonyl (C=O) groups excluding carboxylic acids is 1. The Balaban J connectivity index is 1.84. The molecule has 1 N–H and O–H groups in total. The first kappa shape index (κ1) is 15.6. The summed E-state index contributed by atoms with van der Waals surface area (Å²) in [6.45, 7) is 1.50. The van der Waals surface area contributed by atoms with Gasteiger partial charge in [-0.05, 0) is 30.5 Å². The van der Waals surface area contributed by atoms with E-state index in [-0.39, 0.29) is 18.1 Å². The molecule has 0 bridgehead atoms. The first-order valence-corrected chi connectivity index (χ1v) is 7.68. The Kier molecular flexibility index (Phi) is 4.62. The predicted molar refractivity (Wildman–Crippen MR) is 84.1 cm³/mol. The number of phenolic OH excluding ortho intramolecular Hbond substituents is 1. The number of aromatic nitrogens is 2. The van der Waals surface area contributed by atoms with Gasteiger partial charge in [0.15, 0.2) is 0 Å². The van der Waals surface area contributed by atoms with Gasteiger partial charge in [0.1, 0.15) is 5.75 Å². The minimum Gasteiger partial charge on any atom is -0.507 e. The summed E-state index contributed by atoms with van der Waals surface area (Å²) >= 11 is 0. The van der Waals surface area contributed by atoms with Crippen LogP contribution in [0, 0.1) is 0 Å². The van der Waals surface area contributed by atoms with Crippen molar-refractivity contribution in [3.63, 3.8) is 0 Å². The molecule has 0 unspecified atom stereocenters. The molecule has 23 heavy (non-hydrogen) atoms. The summed E-state index contributed by atoms with van der Waals surface area (Å²) in [5.74, 6) is -0.135. The second-order valence-corrected chi connectivity index (χ2v) is 5.66. The molecule has 0 aliphatic carbocycles. The van der Waals surface area contributed by atoms with E-state index in [1.807, 2.05) is 10.9 Å². The average molecular weight is 316 g/mol. The Bertz CT molecular complexity index is 690. The van der Waals surface area contributed by atoms with Crippen LogP contribution in [0.1, 0.15) is 24.4 Å². The maximum atomic E-state index is 11.4. The van der Waals surface area contributed by atoms with Gasteiger partial charge in [-0.3, -0.25) is 9.48 Å². The van der Waals surface area contributed by atoms with Crippen molar-refractivity contribution in [2.75, 3.05) is 20.3 Å². The third-order valence-corrected chi connectivity index (χ3v) is 4.11. The molecule has 2 heterocycles. The van der Waals surface area contributed by atoms with Crippen LogP contribution in [-0.2, 0) is 20.7 Å². The lowest BCUT2D eigenvalue weighted by Crippen LogP contribution is -2.19. The van der Waals surface area contributed by atoms with Gasteiger partial charge >= 0.3 is 5.97 Å². The van der Waals surface area contributed by atoms with Crippen LogP contribution >= 0.6 is 0 Å². The highest BCUT2D eigenvalue weighted by Crippen LogP contribution is 2.31. The van der Waals surface area contributed by atoms with Gasteiger partial charge in [0.2, 0.25) is 0 Å². The molecule has 6 nitrogen and oxygen atoms in total. The van der Waals surface area contributed by atoms with Gasteiger partial charge in [0, 0.05) is 30.5 Å². The molecule has 122 valence electrons. The topological polar surface area (TPSA) is 73.6 Å². The number of aromatic hydroxyl groups is 1. The van der Waals surface area contributed by atoms with Crippen molar-refractivity contribution >= 4 is 5.97 Å². The number of carbonyl (C=O) groups is 1. The fraction of sp³-hybridized carbons (Fsp3) is 0.412. The Morgan fingerprint density at radius 2 is 2.22 bits per heavy atom. The maximum absolute atomic E-state index is 11.4. The first-order chi connectivity index (χ1) is 11.2. The van der Waals surface area contributed by atoms with Crippen LogP contribution < -0.4 is 0 Å². The van der Waals surface area contributed by atoms with Crippen LogP contribution in [0.5, 0.6) is 5.75 Å². The zero-order valence-electron chi connectivity index (χ0n) is 13.1. The number of benzene rings is 1. The van der Waals surface area contributed by atoms with E-state index in [2.05, 4.69) is 9.84 Å². The molecule has 3 rings (SSSR count). The van der Waals surface area contributed by atoms with E-state index < -0.39 is 0 Å². The van der Waals surface area contributed by atoms with Gasteiger partial charge < -0.3 is 14.6 Å². The standard InChI is InChI=1S/C17H20N2O4/c1-22-17(21)9-12-2-3-16(20)15(8-12)13-10-18-19(11-13)14-4-6-23-7-5-14/h2-3,8,10-11,14,20H,4-7,9H2,1H3. The van der Waals surface area contributed by atoms with Crippen molar-refractivity contribution in [1.82, 2.24) is 9.78 Å². The molecule has 0 saturated carbocycles. The number of nitrogens with zero attached hydrogens (tertiary/aromatic N) is 2. The van der Waals surface area contributed by atoms with Crippen molar-refractivity contribution in [3.05, 3.63) is 36.2 Å². The molecule has 1 aromatic carbocycles. The summed E-state index contributed by atoms with van der Waals surface area (Å²) in [6.07, 6.45) is 5.74. The highest BCUT2D eigenvalue weighted by atomic mass is 16.5. The molecule has 1 aromatic heterocycles. The summed E-state index contributed by atoms with van der Waals surface area (Å²) in [6, 6.07) is 5.45. The lowest BCUT2D eigenvalue weighted by atomic mass is 10.0. The Hall–Kier alpha value is -2.34. The fourth-order valence-corrected chi connectivity index (χ4v) is 2.79. The van der Waals surface area contributed by atoms with Gasteiger partial charge in [0.05, 0.1) is 25.8 Å². The molecule has 6 heteroatoms. The zero-order valence-corrected chi connectivity index (χ0v) is 13.1. The van der Waals surface area contributed by atoms with Crippen molar-refractivity contribution in [2.24, 2.45) is 0 Å². The van der Waals surface area contributed by atoms with Crippen LogP contribution in [0.3, 0.4) is 0 Å². The minimum absolute atomic E-state index is 0.171. The van der Waals surface area contributed by atoms with Crippen molar-refractivity contribution in [2.45, 2.75) is 25.3 Å². The molecular formula is C17H20N2O4. The van der Waals surface area contributed by atoms with Gasteiger partial charge in [-0.2, -0.15) is 5.10 Å². The van der Waals surface area contributed by atoms with Crippen LogP contribution in [0.4, 0.5) is 0 Å². The minimum atomic E-state index is -0.306. The number of phenols is 1. The number of rotatable bonds is 4. The molecule has 1 aliphatic rings. The van der Waals surface area contributed by atoms with Crippen molar-refractivity contribution in [1.29, 1.82) is 0 Å². The second-order valence-electron chi connectivity index (χ2n) is 5.66. The van der Waals surface area contributed by atoms with E-state index in [4.69, 9.17) is 4.74 Å². The number of hydrogen-bond donors (Lipinski definition) is 1. The van der Waals surface area contributed by atoms with E-state index in [9.17, 15) is 9.90 Å². The molecule has 0 spiro atoms. The Morgan fingerprint density at radius 3 is 2.96 bits per heavy atom. The van der Waals surface area contributed by atoms with E-state index in [0.29, 0.717) is 11.6 Å². The number of hydrogen-bond acceptors (Lipinski definition) is 5. The molecule has 0 radical (unpaired) electrons. The lowest BCUT2D eigenvalue weighted by Gasteiger charge is -2.22. The van der Waals surface area contributed by atoms with Crippen molar-refractivity contribution in [3.8, 4) is 16.9 Å². The normalized spacial score (nSPS) is 15.5. The monoisotopic (exact) mass is 316 g/mol. The van der Waals surface area contributed by atoms with Gasteiger partial charge in [-0.1, -0.05) is 6.07 Å². The third-order valence-electron chi connectivity index (χ3n) is 4.11. The summed E-state index contributed by atoms with van der Waals surface area (Å²) < 4.78 is 12.0. The first-order valence-electron chi connectivity index (χ1n) is 7.68. The van der Waals surface area contributed by atoms with Crippen LogP contribution in [-0.4, -0.2) is 41.2 Å². The maximum Gasteiger partial charge on any atom is 0.309 e. The summed E-state index contributed by atoms with van der Waals surface area (Å²) in [5, 5.41) is 14.5.